The Morgan fingerprint density at radius 3 is 2.18 bits per heavy atom. The van der Waals surface area contributed by atoms with E-state index in [0.717, 1.165) is 25.5 Å². The standard InChI is InChI=1S/C21H23NO5S/c1-28(25,26)18-13-7-6-12-17(18)21(24)27-19(16-10-4-2-5-11-16)20(23)22-14-8-3-9-15-22/h2,4-7,10-13,19H,3,8-9,14-15H2,1H3/t19-/m0/s1. The number of carbonyl (C=O) groups is 2. The molecule has 0 saturated carbocycles. The summed E-state index contributed by atoms with van der Waals surface area (Å²) in [6, 6.07) is 14.7. The van der Waals surface area contributed by atoms with Crippen LogP contribution < -0.4 is 0 Å². The first-order valence-electron chi connectivity index (χ1n) is 9.22. The predicted octanol–water partition coefficient (Wildman–Crippen LogP) is 3.00. The number of carbonyl (C=O) groups excluding carboxylic acids is 2. The first kappa shape index (κ1) is 20.1. The van der Waals surface area contributed by atoms with E-state index >= 15 is 0 Å². The molecule has 28 heavy (non-hydrogen) atoms. The van der Waals surface area contributed by atoms with Crippen molar-refractivity contribution in [1.29, 1.82) is 0 Å². The molecule has 7 heteroatoms. The Kier molecular flexibility index (Phi) is 6.14. The minimum absolute atomic E-state index is 0.0719. The maximum Gasteiger partial charge on any atom is 0.340 e. The quantitative estimate of drug-likeness (QED) is 0.720. The van der Waals surface area contributed by atoms with E-state index in [1.54, 1.807) is 41.3 Å². The second-order valence-corrected chi connectivity index (χ2v) is 8.83. The highest BCUT2D eigenvalue weighted by molar-refractivity contribution is 7.90. The van der Waals surface area contributed by atoms with Gasteiger partial charge in [-0.15, -0.1) is 0 Å². The highest BCUT2D eigenvalue weighted by atomic mass is 32.2. The predicted molar refractivity (Wildman–Crippen MR) is 105 cm³/mol. The number of hydrogen-bond donors (Lipinski definition) is 0. The zero-order valence-corrected chi connectivity index (χ0v) is 16.5. The van der Waals surface area contributed by atoms with Crippen LogP contribution >= 0.6 is 0 Å². The van der Waals surface area contributed by atoms with E-state index in [-0.39, 0.29) is 16.4 Å². The van der Waals surface area contributed by atoms with Gasteiger partial charge in [0.1, 0.15) is 0 Å². The number of sulfone groups is 1. The molecule has 1 saturated heterocycles. The molecule has 148 valence electrons. The molecule has 3 rings (SSSR count). The third-order valence-electron chi connectivity index (χ3n) is 4.73. The van der Waals surface area contributed by atoms with E-state index < -0.39 is 21.9 Å². The molecule has 1 aliphatic heterocycles. The number of likely N-dealkylation sites (tertiary alicyclic amines) is 1. The van der Waals surface area contributed by atoms with Gasteiger partial charge >= 0.3 is 5.97 Å². The molecule has 0 radical (unpaired) electrons. The lowest BCUT2D eigenvalue weighted by molar-refractivity contribution is -0.142. The van der Waals surface area contributed by atoms with Gasteiger partial charge in [-0.25, -0.2) is 13.2 Å². The van der Waals surface area contributed by atoms with E-state index in [1.165, 1.54) is 12.1 Å². The summed E-state index contributed by atoms with van der Waals surface area (Å²) in [6.45, 7) is 1.25. The molecule has 0 bridgehead atoms. The molecule has 6 nitrogen and oxygen atoms in total. The Morgan fingerprint density at radius 2 is 1.54 bits per heavy atom. The third-order valence-corrected chi connectivity index (χ3v) is 5.88. The first-order valence-corrected chi connectivity index (χ1v) is 11.1. The van der Waals surface area contributed by atoms with Gasteiger partial charge in [0, 0.05) is 24.9 Å². The zero-order chi connectivity index (χ0) is 20.1. The Hall–Kier alpha value is -2.67. The van der Waals surface area contributed by atoms with Gasteiger partial charge in [0.25, 0.3) is 5.91 Å². The van der Waals surface area contributed by atoms with Gasteiger partial charge in [0.05, 0.1) is 10.5 Å². The minimum Gasteiger partial charge on any atom is -0.444 e. The van der Waals surface area contributed by atoms with Gasteiger partial charge in [0.2, 0.25) is 6.10 Å². The lowest BCUT2D eigenvalue weighted by atomic mass is 10.1. The smallest absolute Gasteiger partial charge is 0.340 e. The molecule has 2 aromatic rings. The number of ether oxygens (including phenoxy) is 1. The van der Waals surface area contributed by atoms with Crippen LogP contribution in [0.25, 0.3) is 0 Å². The van der Waals surface area contributed by atoms with Crippen LogP contribution in [-0.4, -0.2) is 44.5 Å². The molecule has 1 aliphatic rings. The van der Waals surface area contributed by atoms with Crippen molar-refractivity contribution in [2.24, 2.45) is 0 Å². The minimum atomic E-state index is -3.62. The number of piperidine rings is 1. The maximum atomic E-state index is 13.1. The van der Waals surface area contributed by atoms with Gasteiger partial charge in [-0.05, 0) is 31.4 Å². The number of benzene rings is 2. The fourth-order valence-electron chi connectivity index (χ4n) is 3.30. The summed E-state index contributed by atoms with van der Waals surface area (Å²) in [6.07, 6.45) is 2.82. The number of amides is 1. The lowest BCUT2D eigenvalue weighted by Gasteiger charge is -2.30. The average Bonchev–Trinajstić information content (AvgIpc) is 2.72. The van der Waals surface area contributed by atoms with Crippen LogP contribution in [0.5, 0.6) is 0 Å². The molecule has 0 aliphatic carbocycles. The molecule has 0 aromatic heterocycles. The highest BCUT2D eigenvalue weighted by Crippen LogP contribution is 2.25. The Bertz CT molecular complexity index is 950. The molecule has 1 amide bonds. The summed E-state index contributed by atoms with van der Waals surface area (Å²) < 4.78 is 29.6. The fraction of sp³-hybridized carbons (Fsp3) is 0.333. The van der Waals surface area contributed by atoms with E-state index in [0.29, 0.717) is 18.7 Å². The molecule has 1 atom stereocenters. The van der Waals surface area contributed by atoms with Gasteiger partial charge < -0.3 is 9.64 Å². The van der Waals surface area contributed by atoms with Crippen LogP contribution in [0.4, 0.5) is 0 Å². The second kappa shape index (κ2) is 8.56. The average molecular weight is 401 g/mol. The number of rotatable bonds is 5. The number of hydrogen-bond acceptors (Lipinski definition) is 5. The molecule has 2 aromatic carbocycles. The molecule has 0 spiro atoms. The highest BCUT2D eigenvalue weighted by Gasteiger charge is 2.31. The summed E-state index contributed by atoms with van der Waals surface area (Å²) in [7, 11) is -3.62. The SMILES string of the molecule is CS(=O)(=O)c1ccccc1C(=O)O[C@H](C(=O)N1CCCCC1)c1ccccc1. The molecule has 1 fully saturated rings. The molecular weight excluding hydrogens is 378 g/mol. The van der Waals surface area contributed by atoms with E-state index in [1.807, 2.05) is 6.07 Å². The molecule has 1 heterocycles. The summed E-state index contributed by atoms with van der Waals surface area (Å²) in [4.78, 5) is 27.5. The molecule has 0 N–H and O–H groups in total. The van der Waals surface area contributed by atoms with Gasteiger partial charge in [-0.2, -0.15) is 0 Å². The van der Waals surface area contributed by atoms with E-state index in [2.05, 4.69) is 0 Å². The van der Waals surface area contributed by atoms with Crippen molar-refractivity contribution in [3.8, 4) is 0 Å². The van der Waals surface area contributed by atoms with Crippen molar-refractivity contribution in [2.45, 2.75) is 30.3 Å². The second-order valence-electron chi connectivity index (χ2n) is 6.85. The van der Waals surface area contributed by atoms with Crippen LogP contribution in [0.1, 0.15) is 41.3 Å². The van der Waals surface area contributed by atoms with E-state index in [4.69, 9.17) is 4.74 Å². The Balaban J connectivity index is 1.92. The van der Waals surface area contributed by atoms with Crippen molar-refractivity contribution in [3.05, 3.63) is 65.7 Å². The summed E-state index contributed by atoms with van der Waals surface area (Å²) >= 11 is 0. The molecular formula is C21H23NO5S. The summed E-state index contributed by atoms with van der Waals surface area (Å²) in [5, 5.41) is 0. The van der Waals surface area contributed by atoms with Crippen LogP contribution in [0.2, 0.25) is 0 Å². The first-order chi connectivity index (χ1) is 13.4. The van der Waals surface area contributed by atoms with Crippen molar-refractivity contribution < 1.29 is 22.7 Å². The van der Waals surface area contributed by atoms with Crippen molar-refractivity contribution in [3.63, 3.8) is 0 Å². The monoisotopic (exact) mass is 401 g/mol. The Morgan fingerprint density at radius 1 is 0.929 bits per heavy atom. The van der Waals surface area contributed by atoms with Crippen LogP contribution in [0, 0.1) is 0 Å². The topological polar surface area (TPSA) is 80.7 Å². The van der Waals surface area contributed by atoms with E-state index in [9.17, 15) is 18.0 Å². The molecule has 0 unspecified atom stereocenters. The van der Waals surface area contributed by atoms with Crippen molar-refractivity contribution in [2.75, 3.05) is 19.3 Å². The number of esters is 1. The summed E-state index contributed by atoms with van der Waals surface area (Å²) in [5.74, 6) is -1.11. The maximum absolute atomic E-state index is 13.1. The number of nitrogens with zero attached hydrogens (tertiary/aromatic N) is 1. The van der Waals surface area contributed by atoms with Crippen LogP contribution in [-0.2, 0) is 19.4 Å². The van der Waals surface area contributed by atoms with Crippen LogP contribution in [0.3, 0.4) is 0 Å². The largest absolute Gasteiger partial charge is 0.444 e. The normalized spacial score (nSPS) is 15.7. The Labute approximate surface area is 165 Å². The van der Waals surface area contributed by atoms with Crippen molar-refractivity contribution in [1.82, 2.24) is 4.90 Å². The van der Waals surface area contributed by atoms with Gasteiger partial charge in [-0.3, -0.25) is 4.79 Å². The fourth-order valence-corrected chi connectivity index (χ4v) is 4.17. The van der Waals surface area contributed by atoms with Gasteiger partial charge in [-0.1, -0.05) is 42.5 Å². The third kappa shape index (κ3) is 4.59. The van der Waals surface area contributed by atoms with Crippen LogP contribution in [0.15, 0.2) is 59.5 Å². The van der Waals surface area contributed by atoms with Gasteiger partial charge in [0.15, 0.2) is 9.84 Å². The summed E-state index contributed by atoms with van der Waals surface area (Å²) in [5.41, 5.74) is 0.487. The zero-order valence-electron chi connectivity index (χ0n) is 15.7. The van der Waals surface area contributed by atoms with Crippen molar-refractivity contribution >= 4 is 21.7 Å². The lowest BCUT2D eigenvalue weighted by Crippen LogP contribution is -2.40.